The Kier molecular flexibility index (Phi) is 12.5. The molecule has 0 aromatic heterocycles. The summed E-state index contributed by atoms with van der Waals surface area (Å²) in [6, 6.07) is 3.19. The lowest BCUT2D eigenvalue weighted by Crippen LogP contribution is -3.13. The SMILES string of the molecule is COc1cc(C(=O)OCCC[NH+]2CCCC(COC(=O)C3CCCCC3)C2)cc(OC)c1OC.[Cl-]. The van der Waals surface area contributed by atoms with E-state index in [1.807, 2.05) is 0 Å². The minimum absolute atomic E-state index is 0. The van der Waals surface area contributed by atoms with E-state index in [1.54, 1.807) is 12.1 Å². The summed E-state index contributed by atoms with van der Waals surface area (Å²) in [5.41, 5.74) is 0.361. The molecule has 198 valence electrons. The van der Waals surface area contributed by atoms with Crippen LogP contribution in [-0.4, -0.2) is 66.1 Å². The Morgan fingerprint density at radius 2 is 1.60 bits per heavy atom. The van der Waals surface area contributed by atoms with Crippen molar-refractivity contribution in [1.82, 2.24) is 0 Å². The first-order valence-electron chi connectivity index (χ1n) is 12.5. The molecule has 1 aromatic rings. The van der Waals surface area contributed by atoms with E-state index in [9.17, 15) is 9.59 Å². The summed E-state index contributed by atoms with van der Waals surface area (Å²) in [6.07, 6.45) is 8.51. The van der Waals surface area contributed by atoms with E-state index in [4.69, 9.17) is 23.7 Å². The van der Waals surface area contributed by atoms with Gasteiger partial charge in [-0.05, 0) is 37.8 Å². The van der Waals surface area contributed by atoms with Gasteiger partial charge in [-0.15, -0.1) is 0 Å². The second-order valence-electron chi connectivity index (χ2n) is 9.33. The number of methoxy groups -OCH3 is 3. The van der Waals surface area contributed by atoms with Crippen LogP contribution < -0.4 is 31.5 Å². The Balaban J connectivity index is 0.00000432. The van der Waals surface area contributed by atoms with Crippen molar-refractivity contribution >= 4 is 11.9 Å². The second kappa shape index (κ2) is 15.0. The molecule has 9 heteroatoms. The molecule has 0 amide bonds. The molecular formula is C26H40ClNO7. The van der Waals surface area contributed by atoms with Crippen LogP contribution in [0.15, 0.2) is 12.1 Å². The summed E-state index contributed by atoms with van der Waals surface area (Å²) in [7, 11) is 4.54. The number of likely N-dealkylation sites (tertiary alicyclic amines) is 1. The Morgan fingerprint density at radius 1 is 0.914 bits per heavy atom. The highest BCUT2D eigenvalue weighted by Gasteiger charge is 2.27. The molecular weight excluding hydrogens is 474 g/mol. The first kappa shape index (κ1) is 29.0. The van der Waals surface area contributed by atoms with Gasteiger partial charge < -0.3 is 41.0 Å². The van der Waals surface area contributed by atoms with E-state index in [1.165, 1.54) is 32.7 Å². The van der Waals surface area contributed by atoms with Gasteiger partial charge in [-0.3, -0.25) is 4.79 Å². The first-order chi connectivity index (χ1) is 16.5. The summed E-state index contributed by atoms with van der Waals surface area (Å²) in [4.78, 5) is 26.3. The van der Waals surface area contributed by atoms with Crippen LogP contribution in [0.4, 0.5) is 0 Å². The number of nitrogens with one attached hydrogen (secondary N) is 1. The van der Waals surface area contributed by atoms with Crippen LogP contribution in [0.1, 0.15) is 61.7 Å². The highest BCUT2D eigenvalue weighted by molar-refractivity contribution is 5.91. The summed E-state index contributed by atoms with van der Waals surface area (Å²) >= 11 is 0. The number of carbonyl (C=O) groups is 2. The maximum atomic E-state index is 12.5. The summed E-state index contributed by atoms with van der Waals surface area (Å²) < 4.78 is 27.1. The Bertz CT molecular complexity index is 788. The molecule has 2 atom stereocenters. The molecule has 0 radical (unpaired) electrons. The molecule has 35 heavy (non-hydrogen) atoms. The van der Waals surface area contributed by atoms with Crippen LogP contribution in [0, 0.1) is 11.8 Å². The van der Waals surface area contributed by atoms with Gasteiger partial charge >= 0.3 is 11.9 Å². The van der Waals surface area contributed by atoms with Crippen molar-refractivity contribution in [3.8, 4) is 17.2 Å². The topological polar surface area (TPSA) is 84.7 Å². The van der Waals surface area contributed by atoms with E-state index in [-0.39, 0.29) is 24.3 Å². The summed E-state index contributed by atoms with van der Waals surface area (Å²) in [5, 5.41) is 0. The number of ether oxygens (including phenoxy) is 5. The number of halogens is 1. The van der Waals surface area contributed by atoms with Gasteiger partial charge in [0.25, 0.3) is 0 Å². The lowest BCUT2D eigenvalue weighted by molar-refractivity contribution is -0.909. The zero-order chi connectivity index (χ0) is 24.3. The highest BCUT2D eigenvalue weighted by atomic mass is 35.5. The smallest absolute Gasteiger partial charge is 0.338 e. The molecule has 2 fully saturated rings. The van der Waals surface area contributed by atoms with Crippen LogP contribution in [-0.2, 0) is 14.3 Å². The molecule has 1 aliphatic heterocycles. The zero-order valence-electron chi connectivity index (χ0n) is 21.2. The predicted octanol–water partition coefficient (Wildman–Crippen LogP) is -0.318. The molecule has 1 heterocycles. The molecule has 1 aromatic carbocycles. The maximum Gasteiger partial charge on any atom is 0.338 e. The minimum atomic E-state index is -0.416. The maximum absolute atomic E-state index is 12.5. The van der Waals surface area contributed by atoms with Gasteiger partial charge in [-0.2, -0.15) is 0 Å². The van der Waals surface area contributed by atoms with Gasteiger partial charge in [0.15, 0.2) is 11.5 Å². The van der Waals surface area contributed by atoms with E-state index in [0.29, 0.717) is 41.9 Å². The monoisotopic (exact) mass is 513 g/mol. The van der Waals surface area contributed by atoms with Gasteiger partial charge in [0.05, 0.1) is 65.7 Å². The number of rotatable bonds is 11. The van der Waals surface area contributed by atoms with Gasteiger partial charge in [0.1, 0.15) is 0 Å². The highest BCUT2D eigenvalue weighted by Crippen LogP contribution is 2.38. The predicted molar refractivity (Wildman–Crippen MR) is 127 cm³/mol. The van der Waals surface area contributed by atoms with Crippen molar-refractivity contribution < 1.29 is 50.6 Å². The number of carbonyl (C=O) groups excluding carboxylic acids is 2. The number of piperidine rings is 1. The minimum Gasteiger partial charge on any atom is -1.00 e. The molecule has 1 saturated carbocycles. The van der Waals surface area contributed by atoms with Gasteiger partial charge in [0.2, 0.25) is 5.75 Å². The van der Waals surface area contributed by atoms with Gasteiger partial charge in [-0.1, -0.05) is 19.3 Å². The van der Waals surface area contributed by atoms with Crippen LogP contribution in [0.2, 0.25) is 0 Å². The standard InChI is InChI=1S/C26H39NO7.ClH/c1-30-22-15-21(16-23(31-2)24(22)32-3)26(29)33-14-8-13-27-12-7-9-19(17-27)18-34-25(28)20-10-5-4-6-11-20;/h15-16,19-20H,4-14,17-18H2,1-3H3;1H. The fourth-order valence-electron chi connectivity index (χ4n) is 5.05. The molecule has 3 rings (SSSR count). The van der Waals surface area contributed by atoms with Crippen molar-refractivity contribution in [3.05, 3.63) is 17.7 Å². The number of hydrogen-bond donors (Lipinski definition) is 1. The molecule has 1 saturated heterocycles. The van der Waals surface area contributed by atoms with Gasteiger partial charge in [-0.25, -0.2) is 4.79 Å². The van der Waals surface area contributed by atoms with Crippen LogP contribution >= 0.6 is 0 Å². The van der Waals surface area contributed by atoms with E-state index < -0.39 is 5.97 Å². The quantitative estimate of drug-likeness (QED) is 0.321. The number of hydrogen-bond acceptors (Lipinski definition) is 7. The third kappa shape index (κ3) is 8.46. The molecule has 1 aliphatic carbocycles. The van der Waals surface area contributed by atoms with Crippen molar-refractivity contribution in [2.24, 2.45) is 11.8 Å². The Morgan fingerprint density at radius 3 is 2.23 bits per heavy atom. The van der Waals surface area contributed by atoms with Crippen molar-refractivity contribution in [1.29, 1.82) is 0 Å². The van der Waals surface area contributed by atoms with Gasteiger partial charge in [0, 0.05) is 12.3 Å². The average Bonchev–Trinajstić information content (AvgIpc) is 2.89. The third-order valence-electron chi connectivity index (χ3n) is 6.93. The third-order valence-corrected chi connectivity index (χ3v) is 6.93. The van der Waals surface area contributed by atoms with E-state index in [2.05, 4.69) is 0 Å². The van der Waals surface area contributed by atoms with E-state index in [0.717, 1.165) is 64.6 Å². The first-order valence-corrected chi connectivity index (χ1v) is 12.5. The lowest BCUT2D eigenvalue weighted by Gasteiger charge is -2.30. The molecule has 0 bridgehead atoms. The normalized spacial score (nSPS) is 20.3. The number of benzene rings is 1. The molecule has 0 spiro atoms. The summed E-state index contributed by atoms with van der Waals surface area (Å²) in [5.74, 6) is 1.39. The van der Waals surface area contributed by atoms with Crippen LogP contribution in [0.25, 0.3) is 0 Å². The average molecular weight is 514 g/mol. The van der Waals surface area contributed by atoms with Crippen molar-refractivity contribution in [2.75, 3.05) is 54.2 Å². The fourth-order valence-corrected chi connectivity index (χ4v) is 5.05. The summed E-state index contributed by atoms with van der Waals surface area (Å²) in [6.45, 7) is 3.91. The second-order valence-corrected chi connectivity index (χ2v) is 9.33. The van der Waals surface area contributed by atoms with Crippen LogP contribution in [0.5, 0.6) is 17.2 Å². The lowest BCUT2D eigenvalue weighted by atomic mass is 9.89. The Hall–Kier alpha value is -2.19. The van der Waals surface area contributed by atoms with Crippen molar-refractivity contribution in [3.63, 3.8) is 0 Å². The van der Waals surface area contributed by atoms with Crippen molar-refractivity contribution in [2.45, 2.75) is 51.4 Å². The molecule has 8 nitrogen and oxygen atoms in total. The van der Waals surface area contributed by atoms with E-state index >= 15 is 0 Å². The molecule has 2 aliphatic rings. The number of quaternary nitrogens is 1. The zero-order valence-corrected chi connectivity index (χ0v) is 22.0. The van der Waals surface area contributed by atoms with Crippen LogP contribution in [0.3, 0.4) is 0 Å². The fraction of sp³-hybridized carbons (Fsp3) is 0.692. The number of esters is 2. The Labute approximate surface area is 215 Å². The largest absolute Gasteiger partial charge is 1.00 e. The molecule has 1 N–H and O–H groups in total. The molecule has 2 unspecified atom stereocenters.